The molecule has 0 bridgehead atoms. The van der Waals surface area contributed by atoms with E-state index in [9.17, 15) is 4.79 Å². The SMILES string of the molecule is C=CCn1c(=O)c2ccccc2n2cnnc12. The lowest BCUT2D eigenvalue weighted by atomic mass is 10.2. The molecule has 1 aromatic carbocycles. The number of allylic oxidation sites excluding steroid dienone is 1. The van der Waals surface area contributed by atoms with Crippen LogP contribution in [0.2, 0.25) is 0 Å². The van der Waals surface area contributed by atoms with Crippen LogP contribution in [0.3, 0.4) is 0 Å². The molecule has 2 aromatic heterocycles. The first-order chi connectivity index (χ1) is 8.33. The van der Waals surface area contributed by atoms with Gasteiger partial charge in [-0.25, -0.2) is 0 Å². The van der Waals surface area contributed by atoms with Crippen molar-refractivity contribution in [2.45, 2.75) is 6.54 Å². The average Bonchev–Trinajstić information content (AvgIpc) is 2.84. The lowest BCUT2D eigenvalue weighted by Gasteiger charge is -2.07. The van der Waals surface area contributed by atoms with Gasteiger partial charge in [-0.15, -0.1) is 16.8 Å². The molecule has 5 nitrogen and oxygen atoms in total. The van der Waals surface area contributed by atoms with Gasteiger partial charge < -0.3 is 0 Å². The van der Waals surface area contributed by atoms with Gasteiger partial charge in [0.1, 0.15) is 6.33 Å². The molecule has 0 fully saturated rings. The maximum Gasteiger partial charge on any atom is 0.263 e. The van der Waals surface area contributed by atoms with Crippen molar-refractivity contribution in [1.29, 1.82) is 0 Å². The Morgan fingerprint density at radius 1 is 1.35 bits per heavy atom. The first-order valence-corrected chi connectivity index (χ1v) is 5.25. The van der Waals surface area contributed by atoms with Crippen LogP contribution in [0.5, 0.6) is 0 Å². The number of rotatable bonds is 2. The second-order valence-corrected chi connectivity index (χ2v) is 3.72. The van der Waals surface area contributed by atoms with Crippen molar-refractivity contribution >= 4 is 16.7 Å². The van der Waals surface area contributed by atoms with Gasteiger partial charge in [0.2, 0.25) is 5.78 Å². The first-order valence-electron chi connectivity index (χ1n) is 5.25. The number of hydrogen-bond donors (Lipinski definition) is 0. The summed E-state index contributed by atoms with van der Waals surface area (Å²) in [7, 11) is 0. The fourth-order valence-corrected chi connectivity index (χ4v) is 1.98. The molecule has 0 aliphatic carbocycles. The molecule has 0 aliphatic heterocycles. The number of aromatic nitrogens is 4. The molecule has 84 valence electrons. The average molecular weight is 226 g/mol. The minimum Gasteiger partial charge on any atom is -0.272 e. The molecule has 0 N–H and O–H groups in total. The lowest BCUT2D eigenvalue weighted by molar-refractivity contribution is 0.786. The van der Waals surface area contributed by atoms with Crippen LogP contribution >= 0.6 is 0 Å². The Kier molecular flexibility index (Phi) is 2.04. The summed E-state index contributed by atoms with van der Waals surface area (Å²) in [5.74, 6) is 0.536. The predicted octanol–water partition coefficient (Wildman–Crippen LogP) is 1.23. The molecule has 5 heteroatoms. The summed E-state index contributed by atoms with van der Waals surface area (Å²) in [6.45, 7) is 4.07. The molecule has 0 saturated carbocycles. The van der Waals surface area contributed by atoms with E-state index in [-0.39, 0.29) is 5.56 Å². The maximum atomic E-state index is 12.3. The van der Waals surface area contributed by atoms with E-state index in [1.54, 1.807) is 27.4 Å². The molecule has 0 saturated heterocycles. The van der Waals surface area contributed by atoms with Crippen molar-refractivity contribution in [3.63, 3.8) is 0 Å². The lowest BCUT2D eigenvalue weighted by Crippen LogP contribution is -2.22. The molecule has 0 spiro atoms. The quantitative estimate of drug-likeness (QED) is 0.617. The minimum atomic E-state index is -0.0685. The normalized spacial score (nSPS) is 11.1. The zero-order chi connectivity index (χ0) is 11.8. The predicted molar refractivity (Wildman–Crippen MR) is 65.0 cm³/mol. The van der Waals surface area contributed by atoms with Gasteiger partial charge in [-0.05, 0) is 12.1 Å². The van der Waals surface area contributed by atoms with Gasteiger partial charge in [0.25, 0.3) is 5.56 Å². The molecule has 0 radical (unpaired) electrons. The third kappa shape index (κ3) is 1.29. The van der Waals surface area contributed by atoms with Crippen LogP contribution in [-0.2, 0) is 6.54 Å². The first kappa shape index (κ1) is 9.77. The van der Waals surface area contributed by atoms with E-state index in [2.05, 4.69) is 16.8 Å². The van der Waals surface area contributed by atoms with Gasteiger partial charge in [0, 0.05) is 6.54 Å². The maximum absolute atomic E-state index is 12.3. The highest BCUT2D eigenvalue weighted by Crippen LogP contribution is 2.11. The van der Waals surface area contributed by atoms with Crippen molar-refractivity contribution in [3.05, 3.63) is 53.6 Å². The zero-order valence-electron chi connectivity index (χ0n) is 9.08. The summed E-state index contributed by atoms with van der Waals surface area (Å²) >= 11 is 0. The number of hydrogen-bond acceptors (Lipinski definition) is 3. The van der Waals surface area contributed by atoms with E-state index >= 15 is 0 Å². The Bertz CT molecular complexity index is 769. The fourth-order valence-electron chi connectivity index (χ4n) is 1.98. The van der Waals surface area contributed by atoms with Crippen molar-refractivity contribution in [2.24, 2.45) is 0 Å². The van der Waals surface area contributed by atoms with E-state index in [0.717, 1.165) is 5.52 Å². The Morgan fingerprint density at radius 2 is 2.18 bits per heavy atom. The van der Waals surface area contributed by atoms with Gasteiger partial charge in [-0.1, -0.05) is 18.2 Å². The Balaban J connectivity index is 2.60. The molecular formula is C12H10N4O. The van der Waals surface area contributed by atoms with Crippen molar-refractivity contribution < 1.29 is 0 Å². The molecular weight excluding hydrogens is 216 g/mol. The highest BCUT2D eigenvalue weighted by molar-refractivity contribution is 5.79. The summed E-state index contributed by atoms with van der Waals surface area (Å²) in [4.78, 5) is 12.3. The topological polar surface area (TPSA) is 52.2 Å². The third-order valence-electron chi connectivity index (χ3n) is 2.72. The van der Waals surface area contributed by atoms with Crippen LogP contribution in [0, 0.1) is 0 Å². The fraction of sp³-hybridized carbons (Fsp3) is 0.0833. The van der Waals surface area contributed by atoms with Crippen molar-refractivity contribution in [2.75, 3.05) is 0 Å². The van der Waals surface area contributed by atoms with Crippen LogP contribution in [0.25, 0.3) is 16.7 Å². The molecule has 0 atom stereocenters. The molecule has 17 heavy (non-hydrogen) atoms. The highest BCUT2D eigenvalue weighted by Gasteiger charge is 2.10. The number of para-hydroxylation sites is 1. The summed E-state index contributed by atoms with van der Waals surface area (Å²) in [6, 6.07) is 7.42. The molecule has 2 heterocycles. The van der Waals surface area contributed by atoms with E-state index in [1.807, 2.05) is 18.2 Å². The minimum absolute atomic E-state index is 0.0685. The van der Waals surface area contributed by atoms with Crippen LogP contribution < -0.4 is 5.56 Å². The van der Waals surface area contributed by atoms with E-state index in [1.165, 1.54) is 0 Å². The van der Waals surface area contributed by atoms with E-state index in [4.69, 9.17) is 0 Å². The number of fused-ring (bicyclic) bond motifs is 3. The second-order valence-electron chi connectivity index (χ2n) is 3.72. The van der Waals surface area contributed by atoms with Crippen LogP contribution in [0.4, 0.5) is 0 Å². The monoisotopic (exact) mass is 226 g/mol. The van der Waals surface area contributed by atoms with Gasteiger partial charge >= 0.3 is 0 Å². The van der Waals surface area contributed by atoms with E-state index in [0.29, 0.717) is 17.7 Å². The summed E-state index contributed by atoms with van der Waals surface area (Å²) < 4.78 is 3.36. The van der Waals surface area contributed by atoms with E-state index < -0.39 is 0 Å². The molecule has 0 unspecified atom stereocenters. The van der Waals surface area contributed by atoms with Crippen LogP contribution in [0.1, 0.15) is 0 Å². The molecule has 3 aromatic rings. The van der Waals surface area contributed by atoms with Crippen molar-refractivity contribution in [1.82, 2.24) is 19.2 Å². The largest absolute Gasteiger partial charge is 0.272 e. The highest BCUT2D eigenvalue weighted by atomic mass is 16.1. The summed E-state index contributed by atoms with van der Waals surface area (Å²) in [5.41, 5.74) is 0.749. The Labute approximate surface area is 96.6 Å². The summed E-state index contributed by atoms with van der Waals surface area (Å²) in [5, 5.41) is 8.49. The smallest absolute Gasteiger partial charge is 0.263 e. The van der Waals surface area contributed by atoms with Gasteiger partial charge in [-0.3, -0.25) is 13.8 Å². The van der Waals surface area contributed by atoms with Gasteiger partial charge in [0.05, 0.1) is 10.9 Å². The molecule has 0 aliphatic rings. The standard InChI is InChI=1S/C12H10N4O/c1-2-7-15-11(17)9-5-3-4-6-10(9)16-8-13-14-12(15)16/h2-6,8H,1,7H2. The second kappa shape index (κ2) is 3.55. The molecule has 3 rings (SSSR count). The zero-order valence-corrected chi connectivity index (χ0v) is 9.08. The van der Waals surface area contributed by atoms with Gasteiger partial charge in [0.15, 0.2) is 0 Å². The van der Waals surface area contributed by atoms with Crippen LogP contribution in [-0.4, -0.2) is 19.2 Å². The van der Waals surface area contributed by atoms with Gasteiger partial charge in [-0.2, -0.15) is 0 Å². The summed E-state index contributed by atoms with van der Waals surface area (Å²) in [6.07, 6.45) is 3.28. The Hall–Kier alpha value is -2.43. The van der Waals surface area contributed by atoms with Crippen LogP contribution in [0.15, 0.2) is 48.0 Å². The number of nitrogens with zero attached hydrogens (tertiary/aromatic N) is 4. The number of benzene rings is 1. The third-order valence-corrected chi connectivity index (χ3v) is 2.72. The van der Waals surface area contributed by atoms with Crippen molar-refractivity contribution in [3.8, 4) is 0 Å². The molecule has 0 amide bonds. The Morgan fingerprint density at radius 3 is 3.00 bits per heavy atom.